The van der Waals surface area contributed by atoms with Crippen molar-refractivity contribution in [1.82, 2.24) is 10.2 Å². The van der Waals surface area contributed by atoms with Crippen LogP contribution in [-0.2, 0) is 4.79 Å². The number of hydrogen-bond donors (Lipinski definition) is 3. The van der Waals surface area contributed by atoms with E-state index in [0.717, 1.165) is 11.3 Å². The molecule has 1 aliphatic rings. The van der Waals surface area contributed by atoms with Gasteiger partial charge in [0.2, 0.25) is 0 Å². The Labute approximate surface area is 88.4 Å². The minimum atomic E-state index is -0.847. The van der Waals surface area contributed by atoms with Crippen LogP contribution in [0.4, 0.5) is 4.79 Å². The first-order chi connectivity index (χ1) is 7.10. The number of aliphatic hydroxyl groups is 1. The van der Waals surface area contributed by atoms with Crippen molar-refractivity contribution in [2.45, 2.75) is 31.9 Å². The number of carbonyl (C=O) groups is 2. The zero-order valence-corrected chi connectivity index (χ0v) is 8.77. The van der Waals surface area contributed by atoms with Crippen LogP contribution in [0.2, 0.25) is 0 Å². The molecule has 1 fully saturated rings. The van der Waals surface area contributed by atoms with Gasteiger partial charge in [-0.3, -0.25) is 9.69 Å². The first-order valence-corrected chi connectivity index (χ1v) is 5.10. The number of nitrogens with two attached hydrogens (primary N) is 1. The van der Waals surface area contributed by atoms with Crippen LogP contribution in [0.5, 0.6) is 0 Å². The molecule has 2 unspecified atom stereocenters. The zero-order chi connectivity index (χ0) is 11.4. The summed E-state index contributed by atoms with van der Waals surface area (Å²) in [5, 5.41) is 11.8. The highest BCUT2D eigenvalue weighted by Gasteiger charge is 2.37. The van der Waals surface area contributed by atoms with Gasteiger partial charge in [0, 0.05) is 6.54 Å². The molecule has 3 amide bonds. The number of urea groups is 1. The molecule has 1 rings (SSSR count). The van der Waals surface area contributed by atoms with E-state index in [1.807, 2.05) is 6.92 Å². The highest BCUT2D eigenvalue weighted by molar-refractivity contribution is 6.04. The van der Waals surface area contributed by atoms with E-state index >= 15 is 0 Å². The Kier molecular flexibility index (Phi) is 4.05. The van der Waals surface area contributed by atoms with Gasteiger partial charge in [-0.05, 0) is 6.42 Å². The van der Waals surface area contributed by atoms with Crippen LogP contribution < -0.4 is 11.1 Å². The lowest BCUT2D eigenvalue weighted by molar-refractivity contribution is -0.128. The fraction of sp³-hybridized carbons (Fsp3) is 0.778. The van der Waals surface area contributed by atoms with Gasteiger partial charge in [0.15, 0.2) is 0 Å². The number of aliphatic hydroxyl groups excluding tert-OH is 1. The number of hydrogen-bond acceptors (Lipinski definition) is 4. The van der Waals surface area contributed by atoms with Gasteiger partial charge >= 0.3 is 6.03 Å². The van der Waals surface area contributed by atoms with Crippen molar-refractivity contribution in [1.29, 1.82) is 0 Å². The molecule has 86 valence electrons. The number of imide groups is 1. The van der Waals surface area contributed by atoms with E-state index in [1.165, 1.54) is 0 Å². The minimum absolute atomic E-state index is 0.0264. The first-order valence-electron chi connectivity index (χ1n) is 5.10. The number of nitrogens with zero attached hydrogens (tertiary/aromatic N) is 1. The zero-order valence-electron chi connectivity index (χ0n) is 8.77. The average Bonchev–Trinajstić information content (AvgIpc) is 2.46. The van der Waals surface area contributed by atoms with Crippen LogP contribution >= 0.6 is 0 Å². The second-order valence-electron chi connectivity index (χ2n) is 3.63. The molecule has 0 spiro atoms. The maximum Gasteiger partial charge on any atom is 0.324 e. The quantitative estimate of drug-likeness (QED) is 0.514. The Morgan fingerprint density at radius 2 is 2.27 bits per heavy atom. The second kappa shape index (κ2) is 5.09. The fourth-order valence-corrected chi connectivity index (χ4v) is 1.52. The van der Waals surface area contributed by atoms with Crippen LogP contribution in [0.25, 0.3) is 0 Å². The Bertz CT molecular complexity index is 257. The Balaban J connectivity index is 2.58. The first kappa shape index (κ1) is 11.9. The van der Waals surface area contributed by atoms with Crippen LogP contribution in [0.1, 0.15) is 19.8 Å². The average molecular weight is 215 g/mol. The Morgan fingerprint density at radius 1 is 1.60 bits per heavy atom. The molecular weight excluding hydrogens is 198 g/mol. The van der Waals surface area contributed by atoms with Gasteiger partial charge in [-0.2, -0.15) is 0 Å². The lowest BCUT2D eigenvalue weighted by atomic mass is 10.1. The van der Waals surface area contributed by atoms with Crippen molar-refractivity contribution < 1.29 is 14.7 Å². The van der Waals surface area contributed by atoms with E-state index in [9.17, 15) is 14.7 Å². The summed E-state index contributed by atoms with van der Waals surface area (Å²) in [6.45, 7) is 1.95. The summed E-state index contributed by atoms with van der Waals surface area (Å²) < 4.78 is 0. The van der Waals surface area contributed by atoms with Gasteiger partial charge in [0.25, 0.3) is 5.91 Å². The number of amides is 3. The molecule has 0 radical (unpaired) electrons. The second-order valence-corrected chi connectivity index (χ2v) is 3.63. The number of rotatable bonds is 5. The molecule has 6 heteroatoms. The monoisotopic (exact) mass is 215 g/mol. The van der Waals surface area contributed by atoms with Crippen molar-refractivity contribution in [2.24, 2.45) is 5.73 Å². The van der Waals surface area contributed by atoms with Crippen LogP contribution in [0, 0.1) is 0 Å². The molecule has 2 atom stereocenters. The molecule has 1 saturated heterocycles. The summed E-state index contributed by atoms with van der Waals surface area (Å²) in [5.41, 5.74) is 5.21. The van der Waals surface area contributed by atoms with Crippen LogP contribution in [-0.4, -0.2) is 47.2 Å². The topological polar surface area (TPSA) is 95.7 Å². The van der Waals surface area contributed by atoms with E-state index < -0.39 is 18.2 Å². The molecule has 1 heterocycles. The molecule has 0 aromatic rings. The fourth-order valence-electron chi connectivity index (χ4n) is 1.52. The molecule has 0 bridgehead atoms. The SMILES string of the molecule is CCCC1NC(=O)N(CC(O)CN)C1=O. The largest absolute Gasteiger partial charge is 0.390 e. The number of β-amino-alcohol motifs (C(OH)–C–C–N with tert-alkyl or cyclic N) is 1. The van der Waals surface area contributed by atoms with E-state index in [4.69, 9.17) is 5.73 Å². The maximum absolute atomic E-state index is 11.6. The maximum atomic E-state index is 11.6. The lowest BCUT2D eigenvalue weighted by Crippen LogP contribution is -2.40. The molecule has 0 aliphatic carbocycles. The van der Waals surface area contributed by atoms with Gasteiger partial charge in [0.05, 0.1) is 12.6 Å². The summed E-state index contributed by atoms with van der Waals surface area (Å²) >= 11 is 0. The Morgan fingerprint density at radius 3 is 2.80 bits per heavy atom. The van der Waals surface area contributed by atoms with Gasteiger partial charge in [-0.25, -0.2) is 4.79 Å². The van der Waals surface area contributed by atoms with Gasteiger partial charge < -0.3 is 16.2 Å². The molecule has 1 aliphatic heterocycles. The molecule has 0 aromatic carbocycles. The third-order valence-electron chi connectivity index (χ3n) is 2.35. The summed E-state index contributed by atoms with van der Waals surface area (Å²) in [6.07, 6.45) is 0.601. The smallest absolute Gasteiger partial charge is 0.324 e. The highest BCUT2D eigenvalue weighted by atomic mass is 16.3. The van der Waals surface area contributed by atoms with Crippen LogP contribution in [0.3, 0.4) is 0 Å². The standard InChI is InChI=1S/C9H17N3O3/c1-2-3-7-8(14)12(9(15)11-7)5-6(13)4-10/h6-7,13H,2-5,10H2,1H3,(H,11,15). The van der Waals surface area contributed by atoms with Gasteiger partial charge in [-0.15, -0.1) is 0 Å². The predicted molar refractivity (Wildman–Crippen MR) is 54.0 cm³/mol. The molecule has 6 nitrogen and oxygen atoms in total. The summed E-state index contributed by atoms with van der Waals surface area (Å²) in [4.78, 5) is 24.0. The van der Waals surface area contributed by atoms with E-state index in [1.54, 1.807) is 0 Å². The van der Waals surface area contributed by atoms with Crippen LogP contribution in [0.15, 0.2) is 0 Å². The van der Waals surface area contributed by atoms with Crippen molar-refractivity contribution in [3.05, 3.63) is 0 Å². The number of carbonyl (C=O) groups excluding carboxylic acids is 2. The molecular formula is C9H17N3O3. The van der Waals surface area contributed by atoms with E-state index in [-0.39, 0.29) is 19.0 Å². The normalized spacial score (nSPS) is 23.1. The molecule has 0 saturated carbocycles. The third kappa shape index (κ3) is 2.66. The molecule has 0 aromatic heterocycles. The minimum Gasteiger partial charge on any atom is -0.390 e. The molecule has 15 heavy (non-hydrogen) atoms. The highest BCUT2D eigenvalue weighted by Crippen LogP contribution is 2.11. The number of nitrogens with one attached hydrogen (secondary N) is 1. The van der Waals surface area contributed by atoms with Crippen molar-refractivity contribution >= 4 is 11.9 Å². The van der Waals surface area contributed by atoms with Crippen molar-refractivity contribution in [3.63, 3.8) is 0 Å². The van der Waals surface area contributed by atoms with Crippen molar-refractivity contribution in [3.8, 4) is 0 Å². The van der Waals surface area contributed by atoms with Crippen molar-refractivity contribution in [2.75, 3.05) is 13.1 Å². The molecule has 4 N–H and O–H groups in total. The predicted octanol–water partition coefficient (Wildman–Crippen LogP) is -0.973. The van der Waals surface area contributed by atoms with Gasteiger partial charge in [-0.1, -0.05) is 13.3 Å². The summed E-state index contributed by atoms with van der Waals surface area (Å²) in [7, 11) is 0. The third-order valence-corrected chi connectivity index (χ3v) is 2.35. The van der Waals surface area contributed by atoms with E-state index in [2.05, 4.69) is 5.32 Å². The summed E-state index contributed by atoms with van der Waals surface area (Å²) in [5.74, 6) is -0.269. The Hall–Kier alpha value is -1.14. The van der Waals surface area contributed by atoms with Gasteiger partial charge in [0.1, 0.15) is 6.04 Å². The lowest BCUT2D eigenvalue weighted by Gasteiger charge is -2.16. The van der Waals surface area contributed by atoms with E-state index in [0.29, 0.717) is 6.42 Å². The summed E-state index contributed by atoms with van der Waals surface area (Å²) in [6, 6.07) is -0.876.